The van der Waals surface area contributed by atoms with E-state index in [-0.39, 0.29) is 12.1 Å². The van der Waals surface area contributed by atoms with Gasteiger partial charge in [-0.3, -0.25) is 4.79 Å². The number of rotatable bonds is 1. The van der Waals surface area contributed by atoms with Gasteiger partial charge in [-0.25, -0.2) is 0 Å². The number of esters is 1. The summed E-state index contributed by atoms with van der Waals surface area (Å²) in [6.45, 7) is 3.53. The van der Waals surface area contributed by atoms with Crippen molar-refractivity contribution in [3.05, 3.63) is 0 Å². The number of hydrogen-bond acceptors (Lipinski definition) is 3. The minimum Gasteiger partial charge on any atom is -0.462 e. The fraction of sp³-hybridized carbons (Fsp3) is 0.857. The number of nitrogens with one attached hydrogen (secondary N) is 1. The molecule has 2 rings (SSSR count). The van der Waals surface area contributed by atoms with E-state index in [1.54, 1.807) is 0 Å². The van der Waals surface area contributed by atoms with Gasteiger partial charge in [0.2, 0.25) is 0 Å². The third kappa shape index (κ3) is 0.814. The summed E-state index contributed by atoms with van der Waals surface area (Å²) in [6, 6.07) is 0. The number of hydrogen-bond donors (Lipinski definition) is 1. The highest BCUT2D eigenvalue weighted by atomic mass is 16.5. The lowest BCUT2D eigenvalue weighted by Crippen LogP contribution is -2.19. The van der Waals surface area contributed by atoms with Crippen LogP contribution < -0.4 is 5.32 Å². The van der Waals surface area contributed by atoms with Crippen molar-refractivity contribution in [1.82, 2.24) is 5.32 Å². The van der Waals surface area contributed by atoms with Crippen molar-refractivity contribution in [3.8, 4) is 0 Å². The summed E-state index contributed by atoms with van der Waals surface area (Å²) in [7, 11) is 0. The first kappa shape index (κ1) is 6.16. The molecule has 1 aliphatic carbocycles. The van der Waals surface area contributed by atoms with Crippen molar-refractivity contribution in [2.45, 2.75) is 13.0 Å². The molecule has 56 valence electrons. The Kier molecular flexibility index (Phi) is 1.20. The molecule has 3 nitrogen and oxygen atoms in total. The molecule has 2 atom stereocenters. The molecule has 0 bridgehead atoms. The summed E-state index contributed by atoms with van der Waals surface area (Å²) in [5.74, 6) is 1.12. The first-order valence-corrected chi connectivity index (χ1v) is 3.67. The Balaban J connectivity index is 1.84. The molecule has 0 radical (unpaired) electrons. The van der Waals surface area contributed by atoms with E-state index in [0.717, 1.165) is 13.1 Å². The van der Waals surface area contributed by atoms with Crippen LogP contribution in [-0.2, 0) is 9.53 Å². The van der Waals surface area contributed by atoms with Crippen molar-refractivity contribution in [1.29, 1.82) is 0 Å². The fourth-order valence-corrected chi connectivity index (χ4v) is 1.73. The zero-order valence-corrected chi connectivity index (χ0v) is 5.96. The Morgan fingerprint density at radius 3 is 2.60 bits per heavy atom. The van der Waals surface area contributed by atoms with Gasteiger partial charge in [-0.05, 0) is 0 Å². The van der Waals surface area contributed by atoms with Gasteiger partial charge in [-0.1, -0.05) is 0 Å². The molecule has 0 aromatic rings. The lowest BCUT2D eigenvalue weighted by Gasteiger charge is -2.03. The zero-order valence-electron chi connectivity index (χ0n) is 5.96. The van der Waals surface area contributed by atoms with E-state index in [9.17, 15) is 4.79 Å². The van der Waals surface area contributed by atoms with Gasteiger partial charge in [0.05, 0.1) is 0 Å². The van der Waals surface area contributed by atoms with Gasteiger partial charge in [-0.15, -0.1) is 0 Å². The number of carbonyl (C=O) groups excluding carboxylic acids is 1. The van der Waals surface area contributed by atoms with Crippen molar-refractivity contribution in [2.24, 2.45) is 11.8 Å². The van der Waals surface area contributed by atoms with Crippen molar-refractivity contribution in [3.63, 3.8) is 0 Å². The molecule has 0 spiro atoms. The van der Waals surface area contributed by atoms with E-state index < -0.39 is 0 Å². The predicted molar refractivity (Wildman–Crippen MR) is 35.4 cm³/mol. The van der Waals surface area contributed by atoms with E-state index in [1.807, 2.05) is 0 Å². The summed E-state index contributed by atoms with van der Waals surface area (Å²) in [5.41, 5.74) is 0. The summed E-state index contributed by atoms with van der Waals surface area (Å²) in [4.78, 5) is 10.5. The first-order chi connectivity index (χ1) is 4.79. The predicted octanol–water partition coefficient (Wildman–Crippen LogP) is -0.233. The van der Waals surface area contributed by atoms with Gasteiger partial charge >= 0.3 is 5.97 Å². The Morgan fingerprint density at radius 1 is 1.50 bits per heavy atom. The Bertz CT molecular complexity index is 159. The van der Waals surface area contributed by atoms with Gasteiger partial charge in [0, 0.05) is 31.8 Å². The summed E-state index contributed by atoms with van der Waals surface area (Å²) >= 11 is 0. The summed E-state index contributed by atoms with van der Waals surface area (Å²) in [5, 5.41) is 3.23. The number of piperidine rings is 1. The van der Waals surface area contributed by atoms with Crippen LogP contribution >= 0.6 is 0 Å². The summed E-state index contributed by atoms with van der Waals surface area (Å²) in [6.07, 6.45) is 0.249. The van der Waals surface area contributed by atoms with Crippen molar-refractivity contribution >= 4 is 5.97 Å². The van der Waals surface area contributed by atoms with Crippen LogP contribution in [0.15, 0.2) is 0 Å². The third-order valence-electron chi connectivity index (χ3n) is 2.32. The number of carbonyl (C=O) groups is 1. The van der Waals surface area contributed by atoms with Crippen molar-refractivity contribution < 1.29 is 9.53 Å². The van der Waals surface area contributed by atoms with Crippen LogP contribution in [0.4, 0.5) is 0 Å². The SMILES string of the molecule is CC(=O)OC1C2CNCC21. The largest absolute Gasteiger partial charge is 0.462 e. The monoisotopic (exact) mass is 141 g/mol. The minimum absolute atomic E-state index is 0.139. The van der Waals surface area contributed by atoms with Crippen LogP contribution in [0.1, 0.15) is 6.92 Å². The second kappa shape index (κ2) is 1.95. The lowest BCUT2D eigenvalue weighted by atomic mass is 10.4. The quantitative estimate of drug-likeness (QED) is 0.512. The molecule has 1 N–H and O–H groups in total. The molecule has 0 amide bonds. The molecule has 1 saturated heterocycles. The third-order valence-corrected chi connectivity index (χ3v) is 2.32. The molecule has 0 aromatic heterocycles. The van der Waals surface area contributed by atoms with Gasteiger partial charge in [0.25, 0.3) is 0 Å². The van der Waals surface area contributed by atoms with Crippen LogP contribution in [0.2, 0.25) is 0 Å². The van der Waals surface area contributed by atoms with E-state index in [2.05, 4.69) is 5.32 Å². The molecule has 10 heavy (non-hydrogen) atoms. The second-order valence-corrected chi connectivity index (χ2v) is 3.06. The molecule has 3 heteroatoms. The Labute approximate surface area is 59.7 Å². The normalized spacial score (nSPS) is 42.7. The van der Waals surface area contributed by atoms with E-state index in [1.165, 1.54) is 6.92 Å². The van der Waals surface area contributed by atoms with Gasteiger partial charge in [-0.2, -0.15) is 0 Å². The molecule has 0 aromatic carbocycles. The Morgan fingerprint density at radius 2 is 2.10 bits per heavy atom. The molecule has 2 aliphatic rings. The molecular weight excluding hydrogens is 130 g/mol. The standard InChI is InChI=1S/C7H11NO2/c1-4(9)10-7-5-2-8-3-6(5)7/h5-8H,2-3H2,1H3. The molecule has 2 fully saturated rings. The number of ether oxygens (including phenoxy) is 1. The average molecular weight is 141 g/mol. The van der Waals surface area contributed by atoms with Gasteiger partial charge < -0.3 is 10.1 Å². The molecule has 1 saturated carbocycles. The molecule has 2 unspecified atom stereocenters. The fourth-order valence-electron chi connectivity index (χ4n) is 1.73. The van der Waals surface area contributed by atoms with Crippen molar-refractivity contribution in [2.75, 3.05) is 13.1 Å². The number of fused-ring (bicyclic) bond motifs is 1. The highest BCUT2D eigenvalue weighted by Crippen LogP contribution is 2.44. The minimum atomic E-state index is -0.139. The second-order valence-electron chi connectivity index (χ2n) is 3.06. The van der Waals surface area contributed by atoms with E-state index in [0.29, 0.717) is 11.8 Å². The smallest absolute Gasteiger partial charge is 0.302 e. The van der Waals surface area contributed by atoms with Gasteiger partial charge in [0.1, 0.15) is 6.10 Å². The Hall–Kier alpha value is -0.570. The molecule has 1 aliphatic heterocycles. The lowest BCUT2D eigenvalue weighted by molar-refractivity contribution is -0.143. The van der Waals surface area contributed by atoms with Crippen LogP contribution in [0, 0.1) is 11.8 Å². The summed E-state index contributed by atoms with van der Waals surface area (Å²) < 4.78 is 5.05. The highest BCUT2D eigenvalue weighted by molar-refractivity contribution is 5.66. The van der Waals surface area contributed by atoms with Crippen LogP contribution in [0.25, 0.3) is 0 Å². The highest BCUT2D eigenvalue weighted by Gasteiger charge is 2.55. The molecule has 1 heterocycles. The topological polar surface area (TPSA) is 38.3 Å². The van der Waals surface area contributed by atoms with Crippen LogP contribution in [0.3, 0.4) is 0 Å². The first-order valence-electron chi connectivity index (χ1n) is 3.67. The maximum Gasteiger partial charge on any atom is 0.302 e. The molecular formula is C7H11NO2. The maximum atomic E-state index is 10.5. The van der Waals surface area contributed by atoms with E-state index >= 15 is 0 Å². The zero-order chi connectivity index (χ0) is 7.14. The van der Waals surface area contributed by atoms with E-state index in [4.69, 9.17) is 4.74 Å². The maximum absolute atomic E-state index is 10.5. The van der Waals surface area contributed by atoms with Crippen LogP contribution in [-0.4, -0.2) is 25.2 Å². The average Bonchev–Trinajstić information content (AvgIpc) is 2.40. The van der Waals surface area contributed by atoms with Crippen LogP contribution in [0.5, 0.6) is 0 Å². The van der Waals surface area contributed by atoms with Gasteiger partial charge in [0.15, 0.2) is 0 Å².